The monoisotopic (exact) mass is 410 g/mol. The number of aryl methyl sites for hydroxylation is 1. The lowest BCUT2D eigenvalue weighted by Crippen LogP contribution is -2.15. The molecule has 1 amide bonds. The molecule has 146 valence electrons. The summed E-state index contributed by atoms with van der Waals surface area (Å²) in [5, 5.41) is 5.06. The van der Waals surface area contributed by atoms with Gasteiger partial charge in [0.2, 0.25) is 0 Å². The van der Waals surface area contributed by atoms with Crippen molar-refractivity contribution in [1.82, 2.24) is 14.4 Å². The maximum absolute atomic E-state index is 13.6. The summed E-state index contributed by atoms with van der Waals surface area (Å²) in [7, 11) is 0. The highest BCUT2D eigenvalue weighted by molar-refractivity contribution is 7.14. The van der Waals surface area contributed by atoms with Gasteiger partial charge in [0, 0.05) is 17.1 Å². The van der Waals surface area contributed by atoms with E-state index < -0.39 is 11.7 Å². The molecule has 0 aliphatic carbocycles. The molecule has 1 aromatic carbocycles. The van der Waals surface area contributed by atoms with Gasteiger partial charge in [-0.05, 0) is 37.3 Å². The van der Waals surface area contributed by atoms with Gasteiger partial charge in [-0.15, -0.1) is 11.3 Å². The largest absolute Gasteiger partial charge is 0.486 e. The molecule has 9 heteroatoms. The van der Waals surface area contributed by atoms with Crippen molar-refractivity contribution < 1.29 is 18.7 Å². The predicted octanol–water partition coefficient (Wildman–Crippen LogP) is 3.93. The van der Waals surface area contributed by atoms with Crippen molar-refractivity contribution in [2.75, 3.05) is 18.5 Å². The molecule has 0 saturated carbocycles. The number of hydrogen-bond donors (Lipinski definition) is 1. The molecule has 0 saturated heterocycles. The molecule has 5 rings (SSSR count). The number of benzene rings is 1. The predicted molar refractivity (Wildman–Crippen MR) is 106 cm³/mol. The van der Waals surface area contributed by atoms with Gasteiger partial charge in [-0.25, -0.2) is 14.4 Å². The van der Waals surface area contributed by atoms with Crippen molar-refractivity contribution in [2.45, 2.75) is 6.92 Å². The van der Waals surface area contributed by atoms with Gasteiger partial charge in [0.1, 0.15) is 30.4 Å². The first-order chi connectivity index (χ1) is 14.1. The number of nitrogens with zero attached hydrogens (tertiary/aromatic N) is 3. The van der Waals surface area contributed by atoms with Gasteiger partial charge in [0.05, 0.1) is 11.4 Å². The SMILES string of the molecule is Cc1nc2ccc(F)cn2c1C(=O)Nc1nc(-c2ccc3c(c2)OCCO3)cs1. The number of ether oxygens (including phenoxy) is 2. The number of amides is 1. The maximum Gasteiger partial charge on any atom is 0.276 e. The minimum absolute atomic E-state index is 0.274. The number of nitrogens with one attached hydrogen (secondary N) is 1. The van der Waals surface area contributed by atoms with Crippen molar-refractivity contribution >= 4 is 28.0 Å². The Morgan fingerprint density at radius 2 is 2.00 bits per heavy atom. The van der Waals surface area contributed by atoms with Crippen LogP contribution < -0.4 is 14.8 Å². The third-order valence-electron chi connectivity index (χ3n) is 4.53. The number of halogens is 1. The number of anilines is 1. The lowest BCUT2D eigenvalue weighted by Gasteiger charge is -2.18. The highest BCUT2D eigenvalue weighted by atomic mass is 32.1. The molecule has 3 aromatic heterocycles. The summed E-state index contributed by atoms with van der Waals surface area (Å²) in [6.45, 7) is 2.75. The summed E-state index contributed by atoms with van der Waals surface area (Å²) in [5.74, 6) is 0.539. The molecule has 1 aliphatic heterocycles. The van der Waals surface area contributed by atoms with Crippen LogP contribution in [0.3, 0.4) is 0 Å². The molecule has 1 N–H and O–H groups in total. The second-order valence-electron chi connectivity index (χ2n) is 6.47. The van der Waals surface area contributed by atoms with Crippen molar-refractivity contribution in [3.05, 3.63) is 59.1 Å². The lowest BCUT2D eigenvalue weighted by atomic mass is 10.1. The molecule has 4 heterocycles. The number of thiazole rings is 1. The summed E-state index contributed by atoms with van der Waals surface area (Å²) in [6.07, 6.45) is 1.24. The Balaban J connectivity index is 1.41. The van der Waals surface area contributed by atoms with E-state index in [9.17, 15) is 9.18 Å². The summed E-state index contributed by atoms with van der Waals surface area (Å²) in [4.78, 5) is 21.6. The summed E-state index contributed by atoms with van der Waals surface area (Å²) in [5.41, 5.74) is 2.86. The van der Waals surface area contributed by atoms with Gasteiger partial charge in [-0.1, -0.05) is 0 Å². The molecular weight excluding hydrogens is 395 g/mol. The molecule has 0 fully saturated rings. The first kappa shape index (κ1) is 17.6. The molecule has 0 unspecified atom stereocenters. The normalized spacial score (nSPS) is 12.9. The van der Waals surface area contributed by atoms with Crippen LogP contribution in [0.4, 0.5) is 9.52 Å². The van der Waals surface area contributed by atoms with E-state index in [0.29, 0.717) is 46.9 Å². The minimum atomic E-state index is -0.445. The average molecular weight is 410 g/mol. The van der Waals surface area contributed by atoms with E-state index >= 15 is 0 Å². The van der Waals surface area contributed by atoms with Crippen molar-refractivity contribution in [2.24, 2.45) is 0 Å². The Bertz CT molecular complexity index is 1250. The third kappa shape index (κ3) is 3.19. The van der Waals surface area contributed by atoms with Crippen molar-refractivity contribution in [3.8, 4) is 22.8 Å². The van der Waals surface area contributed by atoms with E-state index in [1.807, 2.05) is 23.6 Å². The lowest BCUT2D eigenvalue weighted by molar-refractivity contribution is 0.102. The van der Waals surface area contributed by atoms with E-state index in [-0.39, 0.29) is 5.69 Å². The minimum Gasteiger partial charge on any atom is -0.486 e. The highest BCUT2D eigenvalue weighted by Gasteiger charge is 2.19. The number of carbonyl (C=O) groups excluding carboxylic acids is 1. The standard InChI is InChI=1S/C20H15FN4O3S/c1-11-18(25-9-13(21)3-5-17(25)22-11)19(26)24-20-23-14(10-29-20)12-2-4-15-16(8-12)28-7-6-27-15/h2-5,8-10H,6-7H2,1H3,(H,23,24,26). The topological polar surface area (TPSA) is 77.8 Å². The van der Waals surface area contributed by atoms with E-state index in [4.69, 9.17) is 9.47 Å². The van der Waals surface area contributed by atoms with Crippen LogP contribution in [0.2, 0.25) is 0 Å². The average Bonchev–Trinajstić information content (AvgIpc) is 3.31. The maximum atomic E-state index is 13.6. The van der Waals surface area contributed by atoms with Crippen LogP contribution in [0.1, 0.15) is 16.2 Å². The van der Waals surface area contributed by atoms with Crippen LogP contribution in [0.5, 0.6) is 11.5 Å². The molecule has 0 atom stereocenters. The Kier molecular flexibility index (Phi) is 4.17. The van der Waals surface area contributed by atoms with Crippen molar-refractivity contribution in [3.63, 3.8) is 0 Å². The van der Waals surface area contributed by atoms with Gasteiger partial charge in [0.15, 0.2) is 16.6 Å². The number of rotatable bonds is 3. The van der Waals surface area contributed by atoms with Crippen LogP contribution in [-0.4, -0.2) is 33.5 Å². The first-order valence-corrected chi connectivity index (χ1v) is 9.77. The van der Waals surface area contributed by atoms with Crippen LogP contribution in [0.25, 0.3) is 16.9 Å². The number of hydrogen-bond acceptors (Lipinski definition) is 6. The third-order valence-corrected chi connectivity index (χ3v) is 5.29. The van der Waals surface area contributed by atoms with Crippen LogP contribution >= 0.6 is 11.3 Å². The Hall–Kier alpha value is -3.46. The van der Waals surface area contributed by atoms with E-state index in [1.165, 1.54) is 34.1 Å². The van der Waals surface area contributed by atoms with E-state index in [0.717, 1.165) is 5.56 Å². The van der Waals surface area contributed by atoms with Crippen LogP contribution in [-0.2, 0) is 0 Å². The Labute approximate surface area is 168 Å². The van der Waals surface area contributed by atoms with Gasteiger partial charge in [0.25, 0.3) is 5.91 Å². The molecule has 7 nitrogen and oxygen atoms in total. The quantitative estimate of drug-likeness (QED) is 0.554. The molecule has 29 heavy (non-hydrogen) atoms. The fraction of sp³-hybridized carbons (Fsp3) is 0.150. The molecule has 1 aliphatic rings. The Morgan fingerprint density at radius 1 is 1.17 bits per heavy atom. The van der Waals surface area contributed by atoms with Gasteiger partial charge >= 0.3 is 0 Å². The summed E-state index contributed by atoms with van der Waals surface area (Å²) >= 11 is 1.30. The number of carbonyl (C=O) groups is 1. The van der Waals surface area contributed by atoms with Crippen LogP contribution in [0, 0.1) is 12.7 Å². The van der Waals surface area contributed by atoms with Gasteiger partial charge < -0.3 is 9.47 Å². The molecule has 0 spiro atoms. The zero-order chi connectivity index (χ0) is 20.0. The Morgan fingerprint density at radius 3 is 2.86 bits per heavy atom. The highest BCUT2D eigenvalue weighted by Crippen LogP contribution is 2.35. The van der Waals surface area contributed by atoms with Gasteiger partial charge in [-0.2, -0.15) is 0 Å². The number of imidazole rings is 1. The van der Waals surface area contributed by atoms with Crippen molar-refractivity contribution in [1.29, 1.82) is 0 Å². The van der Waals surface area contributed by atoms with Crippen LogP contribution in [0.15, 0.2) is 41.9 Å². The van der Waals surface area contributed by atoms with Gasteiger partial charge in [-0.3, -0.25) is 14.5 Å². The smallest absolute Gasteiger partial charge is 0.276 e. The summed E-state index contributed by atoms with van der Waals surface area (Å²) in [6, 6.07) is 8.45. The fourth-order valence-corrected chi connectivity index (χ4v) is 3.95. The molecular formula is C20H15FN4O3S. The molecule has 4 aromatic rings. The first-order valence-electron chi connectivity index (χ1n) is 8.89. The summed E-state index contributed by atoms with van der Waals surface area (Å²) < 4.78 is 26.2. The van der Waals surface area contributed by atoms with E-state index in [1.54, 1.807) is 6.92 Å². The molecule has 0 bridgehead atoms. The molecule has 0 radical (unpaired) electrons. The number of pyridine rings is 1. The second kappa shape index (κ2) is 6.85. The fourth-order valence-electron chi connectivity index (χ4n) is 3.23. The zero-order valence-electron chi connectivity index (χ0n) is 15.3. The van der Waals surface area contributed by atoms with E-state index in [2.05, 4.69) is 15.3 Å². The number of fused-ring (bicyclic) bond motifs is 2. The second-order valence-corrected chi connectivity index (χ2v) is 7.33. The number of aromatic nitrogens is 3. The zero-order valence-corrected chi connectivity index (χ0v) is 16.1.